The van der Waals surface area contributed by atoms with Gasteiger partial charge in [-0.25, -0.2) is 4.98 Å². The van der Waals surface area contributed by atoms with E-state index < -0.39 is 6.10 Å². The molecule has 2 aliphatic heterocycles. The van der Waals surface area contributed by atoms with Gasteiger partial charge in [0.25, 0.3) is 0 Å². The Labute approximate surface area is 218 Å². The number of aromatic nitrogens is 2. The van der Waals surface area contributed by atoms with Crippen molar-refractivity contribution in [3.8, 4) is 34.0 Å². The summed E-state index contributed by atoms with van der Waals surface area (Å²) >= 11 is 6.61. The molecule has 2 saturated heterocycles. The summed E-state index contributed by atoms with van der Waals surface area (Å²) in [6, 6.07) is 19.5. The Balaban J connectivity index is 1.19. The monoisotopic (exact) mass is 522 g/mol. The lowest BCUT2D eigenvalue weighted by Gasteiger charge is -2.16. The number of nitrogens with one attached hydrogen (secondary N) is 1. The van der Waals surface area contributed by atoms with E-state index in [1.54, 1.807) is 0 Å². The highest BCUT2D eigenvalue weighted by atomic mass is 35.5. The van der Waals surface area contributed by atoms with Crippen molar-refractivity contribution in [2.45, 2.75) is 37.4 Å². The normalized spacial score (nSPS) is 23.8. The van der Waals surface area contributed by atoms with E-state index in [-0.39, 0.29) is 37.6 Å². The molecule has 37 heavy (non-hydrogen) atoms. The Morgan fingerprint density at radius 1 is 1.00 bits per heavy atom. The third-order valence-corrected chi connectivity index (χ3v) is 7.02. The van der Waals surface area contributed by atoms with Crippen molar-refractivity contribution in [3.63, 3.8) is 0 Å². The third kappa shape index (κ3) is 4.79. The molecular weight excluding hydrogens is 496 g/mol. The molecule has 2 aliphatic rings. The van der Waals surface area contributed by atoms with Crippen LogP contribution < -0.4 is 9.47 Å². The molecule has 0 saturated carbocycles. The van der Waals surface area contributed by atoms with Crippen LogP contribution in [-0.4, -0.2) is 70.5 Å². The van der Waals surface area contributed by atoms with Crippen LogP contribution in [-0.2, 0) is 9.47 Å². The molecule has 6 rings (SSSR count). The van der Waals surface area contributed by atoms with Crippen LogP contribution in [0.5, 0.6) is 11.6 Å². The smallest absolute Gasteiger partial charge is 0.193 e. The van der Waals surface area contributed by atoms with E-state index in [2.05, 4.69) is 4.98 Å². The maximum Gasteiger partial charge on any atom is 0.193 e. The molecule has 8 nitrogen and oxygen atoms in total. The van der Waals surface area contributed by atoms with Gasteiger partial charge in [-0.2, -0.15) is 0 Å². The van der Waals surface area contributed by atoms with Crippen LogP contribution in [0, 0.1) is 0 Å². The van der Waals surface area contributed by atoms with Gasteiger partial charge < -0.3 is 34.1 Å². The van der Waals surface area contributed by atoms with Gasteiger partial charge in [0.1, 0.15) is 30.2 Å². The van der Waals surface area contributed by atoms with Gasteiger partial charge >= 0.3 is 0 Å². The lowest BCUT2D eigenvalue weighted by atomic mass is 10.0. The molecule has 9 heteroatoms. The van der Waals surface area contributed by atoms with E-state index in [1.165, 1.54) is 0 Å². The minimum absolute atomic E-state index is 0.0287. The third-order valence-electron chi connectivity index (χ3n) is 6.73. The first kappa shape index (κ1) is 24.2. The second-order valence-corrected chi connectivity index (χ2v) is 9.82. The SMILES string of the molecule is CC(CO)Oc1ccc(-c2ccc(-c3nc4cc(O[C@@H]5COC6C5OC[C@H]6O)[nH]c4cc3Cl)cc2)cc1. The maximum absolute atomic E-state index is 9.95. The Bertz CT molecular complexity index is 1390. The molecule has 0 amide bonds. The number of rotatable bonds is 7. The molecule has 0 radical (unpaired) electrons. The van der Waals surface area contributed by atoms with E-state index in [4.69, 9.17) is 40.6 Å². The van der Waals surface area contributed by atoms with Crippen LogP contribution in [0.2, 0.25) is 5.02 Å². The molecule has 192 valence electrons. The summed E-state index contributed by atoms with van der Waals surface area (Å²) in [4.78, 5) is 8.00. The van der Waals surface area contributed by atoms with Gasteiger partial charge in [-0.05, 0) is 36.2 Å². The van der Waals surface area contributed by atoms with E-state index in [9.17, 15) is 5.11 Å². The molecule has 0 aliphatic carbocycles. The van der Waals surface area contributed by atoms with Gasteiger partial charge in [0.15, 0.2) is 12.0 Å². The fraction of sp³-hybridized carbons (Fsp3) is 0.321. The fourth-order valence-corrected chi connectivity index (χ4v) is 5.06. The van der Waals surface area contributed by atoms with Crippen molar-refractivity contribution in [2.75, 3.05) is 19.8 Å². The number of benzene rings is 2. The molecule has 3 unspecified atom stereocenters. The largest absolute Gasteiger partial charge is 0.488 e. The average Bonchev–Trinajstić information content (AvgIpc) is 3.60. The van der Waals surface area contributed by atoms with Crippen LogP contribution in [0.15, 0.2) is 60.7 Å². The zero-order valence-corrected chi connectivity index (χ0v) is 20.9. The molecule has 2 aromatic carbocycles. The molecule has 4 aromatic rings. The summed E-state index contributed by atoms with van der Waals surface area (Å²) in [6.45, 7) is 2.40. The molecule has 3 N–H and O–H groups in total. The van der Waals surface area contributed by atoms with E-state index in [0.29, 0.717) is 23.2 Å². The highest BCUT2D eigenvalue weighted by Gasteiger charge is 2.48. The van der Waals surface area contributed by atoms with Crippen molar-refractivity contribution in [2.24, 2.45) is 0 Å². The number of aliphatic hydroxyl groups is 2. The van der Waals surface area contributed by atoms with Gasteiger partial charge in [0, 0.05) is 11.6 Å². The summed E-state index contributed by atoms with van der Waals surface area (Å²) in [5.41, 5.74) is 5.18. The molecule has 2 fully saturated rings. The molecule has 0 spiro atoms. The summed E-state index contributed by atoms with van der Waals surface area (Å²) in [5, 5.41) is 19.6. The maximum atomic E-state index is 9.95. The molecular formula is C28H27ClN2O6. The predicted molar refractivity (Wildman–Crippen MR) is 139 cm³/mol. The van der Waals surface area contributed by atoms with Crippen molar-refractivity contribution in [1.29, 1.82) is 0 Å². The number of pyridine rings is 1. The van der Waals surface area contributed by atoms with Crippen LogP contribution in [0.3, 0.4) is 0 Å². The molecule has 5 atom stereocenters. The number of aromatic amines is 1. The number of hydrogen-bond acceptors (Lipinski definition) is 7. The Morgan fingerprint density at radius 2 is 1.68 bits per heavy atom. The van der Waals surface area contributed by atoms with Crippen molar-refractivity contribution < 1.29 is 29.2 Å². The Hall–Kier alpha value is -3.14. The number of nitrogens with zero attached hydrogens (tertiary/aromatic N) is 1. The summed E-state index contributed by atoms with van der Waals surface area (Å²) in [5.74, 6) is 1.26. The quantitative estimate of drug-likeness (QED) is 0.334. The van der Waals surface area contributed by atoms with Gasteiger partial charge in [-0.1, -0.05) is 48.0 Å². The fourth-order valence-electron chi connectivity index (χ4n) is 4.80. The first-order valence-corrected chi connectivity index (χ1v) is 12.6. The van der Waals surface area contributed by atoms with Gasteiger partial charge in [0.2, 0.25) is 0 Å². The number of hydrogen-bond donors (Lipinski definition) is 3. The zero-order chi connectivity index (χ0) is 25.5. The highest BCUT2D eigenvalue weighted by Crippen LogP contribution is 2.34. The number of H-pyrrole nitrogens is 1. The van der Waals surface area contributed by atoms with E-state index in [1.807, 2.05) is 67.6 Å². The topological polar surface area (TPSA) is 106 Å². The molecule has 0 bridgehead atoms. The number of ether oxygens (including phenoxy) is 4. The summed E-state index contributed by atoms with van der Waals surface area (Å²) < 4.78 is 23.0. The first-order valence-electron chi connectivity index (χ1n) is 12.2. The number of fused-ring (bicyclic) bond motifs is 2. The van der Waals surface area contributed by atoms with Crippen molar-refractivity contribution >= 4 is 22.6 Å². The van der Waals surface area contributed by atoms with Gasteiger partial charge in [-0.3, -0.25) is 0 Å². The average molecular weight is 523 g/mol. The summed E-state index contributed by atoms with van der Waals surface area (Å²) in [7, 11) is 0. The standard InChI is InChI=1S/C28H27ClN2O6/c1-15(12-32)36-19-8-6-17(7-9-19)16-2-4-18(5-3-16)26-20(29)10-21-22(31-26)11-25(30-21)37-24-14-35-27-23(33)13-34-28(24)27/h2-11,15,23-24,27-28,30,32-33H,12-14H2,1H3/t15?,23-,24-,27?,28?/m1/s1. The van der Waals surface area contributed by atoms with E-state index in [0.717, 1.165) is 33.5 Å². The van der Waals surface area contributed by atoms with Crippen LogP contribution in [0.4, 0.5) is 0 Å². The van der Waals surface area contributed by atoms with Crippen molar-refractivity contribution in [3.05, 3.63) is 65.7 Å². The second-order valence-electron chi connectivity index (χ2n) is 9.42. The lowest BCUT2D eigenvalue weighted by molar-refractivity contribution is 0.00794. The van der Waals surface area contributed by atoms with Crippen molar-refractivity contribution in [1.82, 2.24) is 9.97 Å². The first-order chi connectivity index (χ1) is 18.0. The minimum Gasteiger partial charge on any atom is -0.488 e. The van der Waals surface area contributed by atoms with E-state index >= 15 is 0 Å². The zero-order valence-electron chi connectivity index (χ0n) is 20.1. The molecule has 4 heterocycles. The Kier molecular flexibility index (Phi) is 6.52. The van der Waals surface area contributed by atoms with Gasteiger partial charge in [-0.15, -0.1) is 0 Å². The lowest BCUT2D eigenvalue weighted by Crippen LogP contribution is -2.34. The number of aliphatic hydroxyl groups excluding tert-OH is 2. The molecule has 2 aromatic heterocycles. The summed E-state index contributed by atoms with van der Waals surface area (Å²) in [6.07, 6.45) is -1.82. The second kappa shape index (κ2) is 9.96. The van der Waals surface area contributed by atoms with Crippen LogP contribution in [0.1, 0.15) is 6.92 Å². The van der Waals surface area contributed by atoms with Crippen LogP contribution in [0.25, 0.3) is 33.4 Å². The highest BCUT2D eigenvalue weighted by molar-refractivity contribution is 6.33. The minimum atomic E-state index is -0.621. The predicted octanol–water partition coefficient (Wildman–Crippen LogP) is 4.22. The van der Waals surface area contributed by atoms with Crippen LogP contribution >= 0.6 is 11.6 Å². The van der Waals surface area contributed by atoms with Gasteiger partial charge in [0.05, 0.1) is 41.6 Å². The number of halogens is 1. The Morgan fingerprint density at radius 3 is 2.41 bits per heavy atom.